The topological polar surface area (TPSA) is 51.2 Å². The highest BCUT2D eigenvalue weighted by Gasteiger charge is 2.04. The number of anilines is 1. The van der Waals surface area contributed by atoms with Crippen molar-refractivity contribution in [3.05, 3.63) is 83.1 Å². The second-order valence-electron chi connectivity index (χ2n) is 5.78. The standard InChI is InChI=1S/C21H19BrN2O2S/c22-17-4-1-5-19(13-17)26-12-10-21(25)24-18-6-8-20(9-7-18)27-15-16-3-2-11-23-14-16/h1-9,11,13-14H,10,12,15H2,(H,24,25). The average molecular weight is 443 g/mol. The molecule has 0 aliphatic heterocycles. The summed E-state index contributed by atoms with van der Waals surface area (Å²) in [5.41, 5.74) is 1.97. The van der Waals surface area contributed by atoms with Crippen LogP contribution >= 0.6 is 27.7 Å². The molecule has 138 valence electrons. The molecule has 3 aromatic rings. The van der Waals surface area contributed by atoms with E-state index in [9.17, 15) is 4.79 Å². The fourth-order valence-corrected chi connectivity index (χ4v) is 3.54. The monoisotopic (exact) mass is 442 g/mol. The van der Waals surface area contributed by atoms with Gasteiger partial charge >= 0.3 is 0 Å². The fourth-order valence-electron chi connectivity index (χ4n) is 2.33. The molecule has 0 aliphatic rings. The second-order valence-corrected chi connectivity index (χ2v) is 7.74. The summed E-state index contributed by atoms with van der Waals surface area (Å²) >= 11 is 5.13. The summed E-state index contributed by atoms with van der Waals surface area (Å²) in [7, 11) is 0. The van der Waals surface area contributed by atoms with Gasteiger partial charge in [0.05, 0.1) is 13.0 Å². The summed E-state index contributed by atoms with van der Waals surface area (Å²) in [6, 6.07) is 19.4. The summed E-state index contributed by atoms with van der Waals surface area (Å²) in [6.07, 6.45) is 3.94. The molecule has 0 spiro atoms. The number of nitrogens with one attached hydrogen (secondary N) is 1. The van der Waals surface area contributed by atoms with Gasteiger partial charge in [0, 0.05) is 33.2 Å². The molecule has 0 saturated heterocycles. The Morgan fingerprint density at radius 3 is 2.70 bits per heavy atom. The van der Waals surface area contributed by atoms with Gasteiger partial charge < -0.3 is 10.1 Å². The van der Waals surface area contributed by atoms with Crippen molar-refractivity contribution in [2.75, 3.05) is 11.9 Å². The van der Waals surface area contributed by atoms with Crippen LogP contribution in [0.1, 0.15) is 12.0 Å². The number of hydrogen-bond acceptors (Lipinski definition) is 4. The second kappa shape index (κ2) is 10.1. The Bertz CT molecular complexity index is 873. The van der Waals surface area contributed by atoms with Gasteiger partial charge in [-0.1, -0.05) is 28.1 Å². The van der Waals surface area contributed by atoms with Gasteiger partial charge in [-0.15, -0.1) is 11.8 Å². The van der Waals surface area contributed by atoms with Gasteiger partial charge in [0.2, 0.25) is 5.91 Å². The van der Waals surface area contributed by atoms with Crippen molar-refractivity contribution in [1.82, 2.24) is 4.98 Å². The first-order valence-electron chi connectivity index (χ1n) is 8.49. The van der Waals surface area contributed by atoms with Crippen LogP contribution in [-0.4, -0.2) is 17.5 Å². The molecule has 0 aliphatic carbocycles. The Balaban J connectivity index is 1.41. The van der Waals surface area contributed by atoms with Crippen molar-refractivity contribution >= 4 is 39.3 Å². The molecule has 6 heteroatoms. The van der Waals surface area contributed by atoms with Crippen LogP contribution in [0.5, 0.6) is 5.75 Å². The van der Waals surface area contributed by atoms with Crippen LogP contribution in [0.2, 0.25) is 0 Å². The maximum Gasteiger partial charge on any atom is 0.227 e. The number of carbonyl (C=O) groups excluding carboxylic acids is 1. The lowest BCUT2D eigenvalue weighted by molar-refractivity contribution is -0.116. The van der Waals surface area contributed by atoms with E-state index in [1.165, 1.54) is 5.56 Å². The van der Waals surface area contributed by atoms with E-state index in [1.807, 2.05) is 60.8 Å². The molecule has 1 amide bonds. The Morgan fingerprint density at radius 1 is 1.11 bits per heavy atom. The van der Waals surface area contributed by atoms with Gasteiger partial charge in [0.15, 0.2) is 0 Å². The average Bonchev–Trinajstić information content (AvgIpc) is 2.68. The number of carbonyl (C=O) groups is 1. The van der Waals surface area contributed by atoms with Crippen molar-refractivity contribution in [3.8, 4) is 5.75 Å². The molecule has 0 atom stereocenters. The Morgan fingerprint density at radius 2 is 1.96 bits per heavy atom. The number of pyridine rings is 1. The summed E-state index contributed by atoms with van der Waals surface area (Å²) in [6.45, 7) is 0.335. The molecule has 0 saturated carbocycles. The van der Waals surface area contributed by atoms with Crippen LogP contribution in [0.25, 0.3) is 0 Å². The third-order valence-corrected chi connectivity index (χ3v) is 5.24. The summed E-state index contributed by atoms with van der Waals surface area (Å²) in [5, 5.41) is 2.89. The molecule has 4 nitrogen and oxygen atoms in total. The predicted molar refractivity (Wildman–Crippen MR) is 113 cm³/mol. The number of rotatable bonds is 8. The highest BCUT2D eigenvalue weighted by atomic mass is 79.9. The van der Waals surface area contributed by atoms with Gasteiger partial charge in [0.1, 0.15) is 5.75 Å². The van der Waals surface area contributed by atoms with Crippen molar-refractivity contribution in [1.29, 1.82) is 0 Å². The van der Waals surface area contributed by atoms with Crippen LogP contribution in [0.15, 0.2) is 82.4 Å². The number of aromatic nitrogens is 1. The molecule has 1 aromatic heterocycles. The zero-order valence-electron chi connectivity index (χ0n) is 14.6. The lowest BCUT2D eigenvalue weighted by Gasteiger charge is -2.08. The van der Waals surface area contributed by atoms with Gasteiger partial charge in [-0.05, 0) is 54.1 Å². The van der Waals surface area contributed by atoms with Crippen molar-refractivity contribution in [3.63, 3.8) is 0 Å². The molecule has 0 bridgehead atoms. The largest absolute Gasteiger partial charge is 0.493 e. The number of benzene rings is 2. The van der Waals surface area contributed by atoms with E-state index in [0.29, 0.717) is 13.0 Å². The summed E-state index contributed by atoms with van der Waals surface area (Å²) < 4.78 is 6.54. The third kappa shape index (κ3) is 6.73. The molecule has 0 unspecified atom stereocenters. The lowest BCUT2D eigenvalue weighted by atomic mass is 10.3. The molecular formula is C21H19BrN2O2S. The highest BCUT2D eigenvalue weighted by Crippen LogP contribution is 2.24. The number of amides is 1. The summed E-state index contributed by atoms with van der Waals surface area (Å²) in [4.78, 5) is 17.3. The zero-order valence-corrected chi connectivity index (χ0v) is 17.0. The normalized spacial score (nSPS) is 10.4. The number of nitrogens with zero attached hydrogens (tertiary/aromatic N) is 1. The van der Waals surface area contributed by atoms with Crippen LogP contribution in [0, 0.1) is 0 Å². The van der Waals surface area contributed by atoms with Crippen LogP contribution < -0.4 is 10.1 Å². The van der Waals surface area contributed by atoms with E-state index < -0.39 is 0 Å². The minimum absolute atomic E-state index is 0.0687. The van der Waals surface area contributed by atoms with Crippen LogP contribution in [-0.2, 0) is 10.5 Å². The Labute approximate surface area is 171 Å². The Hall–Kier alpha value is -2.31. The zero-order chi connectivity index (χ0) is 18.9. The number of thioether (sulfide) groups is 1. The third-order valence-electron chi connectivity index (χ3n) is 3.66. The summed E-state index contributed by atoms with van der Waals surface area (Å²) in [5.74, 6) is 1.54. The Kier molecular flexibility index (Phi) is 7.30. The number of halogens is 1. The van der Waals surface area contributed by atoms with E-state index in [4.69, 9.17) is 4.74 Å². The molecule has 2 aromatic carbocycles. The smallest absolute Gasteiger partial charge is 0.227 e. The first-order valence-corrected chi connectivity index (χ1v) is 10.3. The van der Waals surface area contributed by atoms with E-state index >= 15 is 0 Å². The molecule has 27 heavy (non-hydrogen) atoms. The fraction of sp³-hybridized carbons (Fsp3) is 0.143. The van der Waals surface area contributed by atoms with Gasteiger partial charge in [-0.3, -0.25) is 9.78 Å². The predicted octanol–water partition coefficient (Wildman–Crippen LogP) is 5.54. The SMILES string of the molecule is O=C(CCOc1cccc(Br)c1)Nc1ccc(SCc2cccnc2)cc1. The van der Waals surface area contributed by atoms with Gasteiger partial charge in [-0.2, -0.15) is 0 Å². The van der Waals surface area contributed by atoms with Gasteiger partial charge in [-0.25, -0.2) is 0 Å². The molecule has 3 rings (SSSR count). The lowest BCUT2D eigenvalue weighted by Crippen LogP contribution is -2.15. The van der Waals surface area contributed by atoms with Crippen molar-refractivity contribution < 1.29 is 9.53 Å². The molecule has 1 heterocycles. The minimum Gasteiger partial charge on any atom is -0.493 e. The van der Waals surface area contributed by atoms with Crippen LogP contribution in [0.4, 0.5) is 5.69 Å². The van der Waals surface area contributed by atoms with E-state index in [0.717, 1.165) is 26.6 Å². The van der Waals surface area contributed by atoms with Crippen molar-refractivity contribution in [2.45, 2.75) is 17.1 Å². The van der Waals surface area contributed by atoms with E-state index in [-0.39, 0.29) is 5.91 Å². The maximum absolute atomic E-state index is 12.1. The molecule has 0 fully saturated rings. The maximum atomic E-state index is 12.1. The molecule has 0 radical (unpaired) electrons. The quantitative estimate of drug-likeness (QED) is 0.465. The van der Waals surface area contributed by atoms with Gasteiger partial charge in [0.25, 0.3) is 0 Å². The highest BCUT2D eigenvalue weighted by molar-refractivity contribution is 9.10. The number of hydrogen-bond donors (Lipinski definition) is 1. The number of ether oxygens (including phenoxy) is 1. The van der Waals surface area contributed by atoms with Crippen molar-refractivity contribution in [2.24, 2.45) is 0 Å². The minimum atomic E-state index is -0.0687. The molecule has 1 N–H and O–H groups in total. The first-order chi connectivity index (χ1) is 13.2. The van der Waals surface area contributed by atoms with E-state index in [2.05, 4.69) is 32.3 Å². The van der Waals surface area contributed by atoms with Crippen LogP contribution in [0.3, 0.4) is 0 Å². The van der Waals surface area contributed by atoms with E-state index in [1.54, 1.807) is 18.0 Å². The first kappa shape index (κ1) is 19.5. The molecular weight excluding hydrogens is 424 g/mol.